The standard InChI is InChI=1S/C18H14ClNO4S2/c1-11-5-2-3-8-16(11)26(23,24)20-14-10-15(25-17(14)18(21)22)12-6-4-7-13(19)9-12/h2-10,20H,1H3,(H,21,22). The number of rotatable bonds is 5. The second-order valence-corrected chi connectivity index (χ2v) is 8.68. The van der Waals surface area contributed by atoms with Crippen LogP contribution < -0.4 is 4.72 Å². The average Bonchev–Trinajstić information content (AvgIpc) is 2.98. The van der Waals surface area contributed by atoms with Gasteiger partial charge in [-0.05, 0) is 42.3 Å². The van der Waals surface area contributed by atoms with Crippen LogP contribution in [-0.4, -0.2) is 19.5 Å². The van der Waals surface area contributed by atoms with Crippen molar-refractivity contribution in [1.29, 1.82) is 0 Å². The van der Waals surface area contributed by atoms with Crippen molar-refractivity contribution in [2.45, 2.75) is 11.8 Å². The van der Waals surface area contributed by atoms with Crippen molar-refractivity contribution in [3.63, 3.8) is 0 Å². The van der Waals surface area contributed by atoms with Gasteiger partial charge in [-0.15, -0.1) is 11.3 Å². The maximum Gasteiger partial charge on any atom is 0.348 e. The van der Waals surface area contributed by atoms with Crippen molar-refractivity contribution < 1.29 is 18.3 Å². The van der Waals surface area contributed by atoms with Crippen LogP contribution in [0.3, 0.4) is 0 Å². The monoisotopic (exact) mass is 407 g/mol. The predicted molar refractivity (Wildman–Crippen MR) is 104 cm³/mol. The summed E-state index contributed by atoms with van der Waals surface area (Å²) >= 11 is 6.97. The van der Waals surface area contributed by atoms with Crippen molar-refractivity contribution in [3.8, 4) is 10.4 Å². The molecule has 8 heteroatoms. The van der Waals surface area contributed by atoms with E-state index in [1.165, 1.54) is 12.1 Å². The van der Waals surface area contributed by atoms with Crippen molar-refractivity contribution >= 4 is 44.6 Å². The Morgan fingerprint density at radius 1 is 1.12 bits per heavy atom. The van der Waals surface area contributed by atoms with Crippen LogP contribution in [0.2, 0.25) is 5.02 Å². The lowest BCUT2D eigenvalue weighted by Gasteiger charge is -2.09. The molecule has 0 atom stereocenters. The van der Waals surface area contributed by atoms with Crippen LogP contribution in [0.15, 0.2) is 59.5 Å². The Kier molecular flexibility index (Phi) is 5.04. The molecule has 0 unspecified atom stereocenters. The molecule has 0 amide bonds. The number of nitrogens with one attached hydrogen (secondary N) is 1. The highest BCUT2D eigenvalue weighted by molar-refractivity contribution is 7.92. The second kappa shape index (κ2) is 7.11. The minimum Gasteiger partial charge on any atom is -0.477 e. The summed E-state index contributed by atoms with van der Waals surface area (Å²) in [6.45, 7) is 1.68. The van der Waals surface area contributed by atoms with Gasteiger partial charge in [0.25, 0.3) is 10.0 Å². The third-order valence-corrected chi connectivity index (χ3v) is 6.60. The van der Waals surface area contributed by atoms with E-state index in [2.05, 4.69) is 4.72 Å². The quantitative estimate of drug-likeness (QED) is 0.631. The highest BCUT2D eigenvalue weighted by Crippen LogP contribution is 2.36. The van der Waals surface area contributed by atoms with Crippen molar-refractivity contribution in [1.82, 2.24) is 0 Å². The van der Waals surface area contributed by atoms with Gasteiger partial charge in [0.1, 0.15) is 4.88 Å². The summed E-state index contributed by atoms with van der Waals surface area (Å²) in [4.78, 5) is 12.2. The van der Waals surface area contributed by atoms with E-state index in [-0.39, 0.29) is 15.5 Å². The Morgan fingerprint density at radius 2 is 1.85 bits per heavy atom. The Labute approximate surface area is 159 Å². The number of benzene rings is 2. The SMILES string of the molecule is Cc1ccccc1S(=O)(=O)Nc1cc(-c2cccc(Cl)c2)sc1C(=O)O. The second-order valence-electron chi connectivity index (χ2n) is 5.54. The number of thiophene rings is 1. The van der Waals surface area contributed by atoms with E-state index in [4.69, 9.17) is 11.6 Å². The lowest BCUT2D eigenvalue weighted by atomic mass is 10.2. The fourth-order valence-electron chi connectivity index (χ4n) is 2.47. The molecule has 0 spiro atoms. The maximum atomic E-state index is 12.7. The van der Waals surface area contributed by atoms with Crippen LogP contribution >= 0.6 is 22.9 Å². The number of anilines is 1. The zero-order chi connectivity index (χ0) is 18.9. The van der Waals surface area contributed by atoms with Gasteiger partial charge < -0.3 is 5.11 Å². The predicted octanol–water partition coefficient (Wildman–Crippen LogP) is 4.88. The molecule has 0 saturated heterocycles. The van der Waals surface area contributed by atoms with Crippen LogP contribution in [0.4, 0.5) is 5.69 Å². The number of sulfonamides is 1. The largest absolute Gasteiger partial charge is 0.477 e. The van der Waals surface area contributed by atoms with Gasteiger partial charge in [-0.1, -0.05) is 41.9 Å². The summed E-state index contributed by atoms with van der Waals surface area (Å²) in [5.41, 5.74) is 1.31. The Bertz CT molecular complexity index is 1090. The van der Waals surface area contributed by atoms with Gasteiger partial charge in [-0.2, -0.15) is 0 Å². The van der Waals surface area contributed by atoms with E-state index < -0.39 is 16.0 Å². The molecular formula is C18H14ClNO4S2. The number of aromatic carboxylic acids is 1. The summed E-state index contributed by atoms with van der Waals surface area (Å²) in [5, 5.41) is 9.96. The average molecular weight is 408 g/mol. The van der Waals surface area contributed by atoms with Crippen LogP contribution in [0, 0.1) is 6.92 Å². The minimum absolute atomic E-state index is 0.0285. The van der Waals surface area contributed by atoms with Gasteiger partial charge in [0.2, 0.25) is 0 Å². The third kappa shape index (κ3) is 3.75. The molecule has 1 aromatic heterocycles. The molecule has 0 aliphatic rings. The first-order valence-corrected chi connectivity index (χ1v) is 10.2. The molecule has 26 heavy (non-hydrogen) atoms. The molecule has 0 aliphatic carbocycles. The molecule has 0 aliphatic heterocycles. The topological polar surface area (TPSA) is 83.5 Å². The van der Waals surface area contributed by atoms with Crippen molar-refractivity contribution in [2.24, 2.45) is 0 Å². The Hall–Kier alpha value is -2.35. The minimum atomic E-state index is -3.91. The zero-order valence-corrected chi connectivity index (χ0v) is 16.0. The molecule has 0 saturated carbocycles. The summed E-state index contributed by atoms with van der Waals surface area (Å²) in [5.74, 6) is -1.20. The number of carboxylic acids is 1. The summed E-state index contributed by atoms with van der Waals surface area (Å²) in [7, 11) is -3.91. The zero-order valence-electron chi connectivity index (χ0n) is 13.6. The molecule has 5 nitrogen and oxygen atoms in total. The fraction of sp³-hybridized carbons (Fsp3) is 0.0556. The lowest BCUT2D eigenvalue weighted by molar-refractivity contribution is 0.0703. The van der Waals surface area contributed by atoms with Crippen molar-refractivity contribution in [2.75, 3.05) is 4.72 Å². The van der Waals surface area contributed by atoms with Crippen LogP contribution in [0.25, 0.3) is 10.4 Å². The summed E-state index contributed by atoms with van der Waals surface area (Å²) in [6, 6.07) is 14.9. The molecule has 2 aromatic carbocycles. The highest BCUT2D eigenvalue weighted by atomic mass is 35.5. The Balaban J connectivity index is 2.05. The molecule has 0 radical (unpaired) electrons. The maximum absolute atomic E-state index is 12.7. The molecule has 3 rings (SSSR count). The number of halogens is 1. The van der Waals surface area contributed by atoms with E-state index in [0.717, 1.165) is 11.3 Å². The highest BCUT2D eigenvalue weighted by Gasteiger charge is 2.23. The van der Waals surface area contributed by atoms with Crippen LogP contribution in [0.5, 0.6) is 0 Å². The first kappa shape index (κ1) is 18.4. The van der Waals surface area contributed by atoms with Gasteiger partial charge in [-0.25, -0.2) is 13.2 Å². The van der Waals surface area contributed by atoms with E-state index in [0.29, 0.717) is 21.0 Å². The van der Waals surface area contributed by atoms with E-state index in [1.807, 2.05) is 0 Å². The normalized spacial score (nSPS) is 11.3. The fourth-order valence-corrected chi connectivity index (χ4v) is 4.98. The van der Waals surface area contributed by atoms with Gasteiger partial charge in [-0.3, -0.25) is 4.72 Å². The molecule has 3 aromatic rings. The van der Waals surface area contributed by atoms with E-state index in [1.54, 1.807) is 49.4 Å². The van der Waals surface area contributed by atoms with Crippen LogP contribution in [0.1, 0.15) is 15.2 Å². The number of hydrogen-bond acceptors (Lipinski definition) is 4. The molecule has 0 bridgehead atoms. The number of carboxylic acid groups (broad SMARTS) is 1. The lowest BCUT2D eigenvalue weighted by Crippen LogP contribution is -2.15. The third-order valence-electron chi connectivity index (χ3n) is 3.66. The molecule has 0 fully saturated rings. The summed E-state index contributed by atoms with van der Waals surface area (Å²) in [6.07, 6.45) is 0. The van der Waals surface area contributed by atoms with Crippen molar-refractivity contribution in [3.05, 3.63) is 70.1 Å². The van der Waals surface area contributed by atoms with Crippen LogP contribution in [-0.2, 0) is 10.0 Å². The molecule has 2 N–H and O–H groups in total. The molecule has 134 valence electrons. The van der Waals surface area contributed by atoms with Gasteiger partial charge in [0.15, 0.2) is 0 Å². The first-order valence-electron chi connectivity index (χ1n) is 7.49. The van der Waals surface area contributed by atoms with Gasteiger partial charge in [0, 0.05) is 9.90 Å². The van der Waals surface area contributed by atoms with Gasteiger partial charge in [0.05, 0.1) is 10.6 Å². The Morgan fingerprint density at radius 3 is 2.50 bits per heavy atom. The number of aryl methyl sites for hydroxylation is 1. The molecular weight excluding hydrogens is 394 g/mol. The number of carbonyl (C=O) groups is 1. The van der Waals surface area contributed by atoms with E-state index in [9.17, 15) is 18.3 Å². The number of hydrogen-bond donors (Lipinski definition) is 2. The summed E-state index contributed by atoms with van der Waals surface area (Å²) < 4.78 is 27.8. The first-order chi connectivity index (χ1) is 12.3. The molecule has 1 heterocycles. The van der Waals surface area contributed by atoms with Gasteiger partial charge >= 0.3 is 5.97 Å². The van der Waals surface area contributed by atoms with E-state index >= 15 is 0 Å². The smallest absolute Gasteiger partial charge is 0.348 e.